The van der Waals surface area contributed by atoms with Gasteiger partial charge in [0.05, 0.1) is 17.6 Å². The summed E-state index contributed by atoms with van der Waals surface area (Å²) >= 11 is 7.60. The molecule has 0 aliphatic carbocycles. The molecule has 0 aliphatic rings. The van der Waals surface area contributed by atoms with Gasteiger partial charge in [0, 0.05) is 16.0 Å². The van der Waals surface area contributed by atoms with Crippen molar-refractivity contribution in [3.8, 4) is 11.3 Å². The van der Waals surface area contributed by atoms with Crippen LogP contribution in [0.2, 0.25) is 5.02 Å². The Balaban J connectivity index is 1.84. The average molecular weight is 390 g/mol. The Kier molecular flexibility index (Phi) is 5.28. The van der Waals surface area contributed by atoms with E-state index in [2.05, 4.69) is 5.38 Å². The molecule has 0 saturated carbocycles. The third kappa shape index (κ3) is 4.25. The lowest BCUT2D eigenvalue weighted by atomic mass is 10.2. The van der Waals surface area contributed by atoms with E-state index < -0.39 is 0 Å². The first-order chi connectivity index (χ1) is 13.3. The van der Waals surface area contributed by atoms with E-state index in [0.29, 0.717) is 5.02 Å². The summed E-state index contributed by atoms with van der Waals surface area (Å²) < 4.78 is 1.87. The maximum absolute atomic E-state index is 6.04. The van der Waals surface area contributed by atoms with E-state index >= 15 is 0 Å². The number of halogens is 1. The number of nitrogens with zero attached hydrogens (tertiary/aromatic N) is 3. The molecule has 0 atom stereocenters. The van der Waals surface area contributed by atoms with E-state index in [4.69, 9.17) is 21.7 Å². The van der Waals surface area contributed by atoms with Gasteiger partial charge >= 0.3 is 0 Å². The fourth-order valence-corrected chi connectivity index (χ4v) is 3.57. The molecule has 3 aromatic carbocycles. The molecule has 0 saturated heterocycles. The van der Waals surface area contributed by atoms with Crippen LogP contribution in [0.4, 0.5) is 5.69 Å². The minimum atomic E-state index is 0.711. The molecule has 0 fully saturated rings. The summed E-state index contributed by atoms with van der Waals surface area (Å²) in [7, 11) is 0. The van der Waals surface area contributed by atoms with E-state index in [0.717, 1.165) is 27.3 Å². The Morgan fingerprint density at radius 3 is 2.19 bits per heavy atom. The van der Waals surface area contributed by atoms with Crippen LogP contribution in [0.5, 0.6) is 0 Å². The molecule has 1 aromatic heterocycles. The van der Waals surface area contributed by atoms with Crippen LogP contribution in [0.1, 0.15) is 5.56 Å². The van der Waals surface area contributed by atoms with Crippen molar-refractivity contribution in [2.45, 2.75) is 0 Å². The molecule has 0 spiro atoms. The number of para-hydroxylation sites is 1. The summed E-state index contributed by atoms with van der Waals surface area (Å²) in [6.07, 6.45) is 1.84. The third-order valence-electron chi connectivity index (χ3n) is 3.93. The van der Waals surface area contributed by atoms with E-state index in [-0.39, 0.29) is 0 Å². The minimum absolute atomic E-state index is 0.711. The van der Waals surface area contributed by atoms with Gasteiger partial charge in [-0.15, -0.1) is 11.3 Å². The normalized spacial score (nSPS) is 12.0. The highest BCUT2D eigenvalue weighted by Gasteiger charge is 2.07. The molecule has 3 nitrogen and oxygen atoms in total. The van der Waals surface area contributed by atoms with Crippen LogP contribution in [0.3, 0.4) is 0 Å². The second kappa shape index (κ2) is 8.16. The SMILES string of the molecule is Clc1ccc(-c2csc(=Nc3ccccc3)n2/N=C\c2ccccc2)cc1. The van der Waals surface area contributed by atoms with E-state index in [1.807, 2.05) is 95.8 Å². The number of rotatable bonds is 4. The van der Waals surface area contributed by atoms with Gasteiger partial charge in [-0.25, -0.2) is 9.67 Å². The second-order valence-electron chi connectivity index (χ2n) is 5.82. The molecule has 4 aromatic rings. The Morgan fingerprint density at radius 2 is 1.48 bits per heavy atom. The number of benzene rings is 3. The van der Waals surface area contributed by atoms with Crippen LogP contribution < -0.4 is 4.80 Å². The standard InChI is InChI=1S/C22H16ClN3S/c23-19-13-11-18(12-14-19)21-16-27-22(25-20-9-5-2-6-10-20)26(21)24-15-17-7-3-1-4-8-17/h1-16H/b24-15-,25-22?. The number of hydrogen-bond donors (Lipinski definition) is 0. The molecular formula is C22H16ClN3S. The van der Waals surface area contributed by atoms with Gasteiger partial charge in [0.15, 0.2) is 0 Å². The molecule has 27 heavy (non-hydrogen) atoms. The summed E-state index contributed by atoms with van der Waals surface area (Å²) in [6.45, 7) is 0. The van der Waals surface area contributed by atoms with Gasteiger partial charge in [-0.3, -0.25) is 0 Å². The highest BCUT2D eigenvalue weighted by molar-refractivity contribution is 7.07. The lowest BCUT2D eigenvalue weighted by Gasteiger charge is -2.04. The van der Waals surface area contributed by atoms with Crippen molar-refractivity contribution in [1.29, 1.82) is 0 Å². The number of aromatic nitrogens is 1. The van der Waals surface area contributed by atoms with Gasteiger partial charge in [-0.2, -0.15) is 5.10 Å². The molecule has 0 aliphatic heterocycles. The molecular weight excluding hydrogens is 374 g/mol. The molecule has 0 unspecified atom stereocenters. The van der Waals surface area contributed by atoms with Gasteiger partial charge in [0.1, 0.15) is 0 Å². The maximum atomic E-state index is 6.04. The van der Waals surface area contributed by atoms with E-state index in [1.165, 1.54) is 0 Å². The van der Waals surface area contributed by atoms with Crippen LogP contribution in [0, 0.1) is 0 Å². The second-order valence-corrected chi connectivity index (χ2v) is 7.10. The number of thiazole rings is 1. The van der Waals surface area contributed by atoms with Crippen LogP contribution in [-0.4, -0.2) is 10.9 Å². The fourth-order valence-electron chi connectivity index (χ4n) is 2.58. The zero-order valence-corrected chi connectivity index (χ0v) is 15.9. The van der Waals surface area contributed by atoms with Crippen molar-refractivity contribution in [3.05, 3.63) is 106 Å². The number of hydrogen-bond acceptors (Lipinski definition) is 3. The van der Waals surface area contributed by atoms with E-state index in [1.54, 1.807) is 11.3 Å². The first kappa shape index (κ1) is 17.5. The van der Waals surface area contributed by atoms with Gasteiger partial charge in [-0.1, -0.05) is 72.3 Å². The van der Waals surface area contributed by atoms with Crippen molar-refractivity contribution in [2.75, 3.05) is 0 Å². The summed E-state index contributed by atoms with van der Waals surface area (Å²) in [6, 6.07) is 27.7. The topological polar surface area (TPSA) is 29.6 Å². The highest BCUT2D eigenvalue weighted by atomic mass is 35.5. The predicted molar refractivity (Wildman–Crippen MR) is 114 cm³/mol. The first-order valence-corrected chi connectivity index (χ1v) is 9.71. The Morgan fingerprint density at radius 1 is 0.815 bits per heavy atom. The summed E-state index contributed by atoms with van der Waals surface area (Å²) in [5.74, 6) is 0. The van der Waals surface area contributed by atoms with Crippen LogP contribution in [-0.2, 0) is 0 Å². The van der Waals surface area contributed by atoms with Crippen molar-refractivity contribution >= 4 is 34.8 Å². The Bertz CT molecular complexity index is 1110. The molecule has 5 heteroatoms. The molecule has 4 rings (SSSR count). The molecule has 0 amide bonds. The zero-order valence-electron chi connectivity index (χ0n) is 14.4. The molecule has 0 radical (unpaired) electrons. The zero-order chi connectivity index (χ0) is 18.5. The van der Waals surface area contributed by atoms with Gasteiger partial charge < -0.3 is 0 Å². The van der Waals surface area contributed by atoms with Gasteiger partial charge in [-0.05, 0) is 29.8 Å². The van der Waals surface area contributed by atoms with Crippen molar-refractivity contribution in [3.63, 3.8) is 0 Å². The van der Waals surface area contributed by atoms with Gasteiger partial charge in [0.2, 0.25) is 4.80 Å². The Labute approximate surface area is 166 Å². The molecule has 1 heterocycles. The smallest absolute Gasteiger partial charge is 0.211 e. The lowest BCUT2D eigenvalue weighted by molar-refractivity contribution is 0.855. The predicted octanol–water partition coefficient (Wildman–Crippen LogP) is 5.98. The summed E-state index contributed by atoms with van der Waals surface area (Å²) in [4.78, 5) is 5.56. The van der Waals surface area contributed by atoms with Gasteiger partial charge in [0.25, 0.3) is 0 Å². The van der Waals surface area contributed by atoms with Crippen LogP contribution in [0.25, 0.3) is 11.3 Å². The van der Waals surface area contributed by atoms with Crippen molar-refractivity contribution in [1.82, 2.24) is 4.68 Å². The average Bonchev–Trinajstić information content (AvgIpc) is 3.11. The third-order valence-corrected chi connectivity index (χ3v) is 5.00. The highest BCUT2D eigenvalue weighted by Crippen LogP contribution is 2.22. The van der Waals surface area contributed by atoms with Crippen LogP contribution in [0.15, 0.2) is 100 Å². The van der Waals surface area contributed by atoms with Crippen molar-refractivity contribution < 1.29 is 0 Å². The minimum Gasteiger partial charge on any atom is -0.220 e. The quantitative estimate of drug-likeness (QED) is 0.384. The Hall–Kier alpha value is -2.95. The van der Waals surface area contributed by atoms with Crippen LogP contribution >= 0.6 is 22.9 Å². The largest absolute Gasteiger partial charge is 0.220 e. The molecule has 0 bridgehead atoms. The first-order valence-electron chi connectivity index (χ1n) is 8.45. The fraction of sp³-hybridized carbons (Fsp3) is 0. The van der Waals surface area contributed by atoms with E-state index in [9.17, 15) is 0 Å². The molecule has 132 valence electrons. The molecule has 0 N–H and O–H groups in total. The van der Waals surface area contributed by atoms with Crippen molar-refractivity contribution in [2.24, 2.45) is 10.1 Å². The lowest BCUT2D eigenvalue weighted by Crippen LogP contribution is -2.11. The monoisotopic (exact) mass is 389 g/mol. The summed E-state index contributed by atoms with van der Waals surface area (Å²) in [5, 5.41) is 7.48. The summed E-state index contributed by atoms with van der Waals surface area (Å²) in [5.41, 5.74) is 3.93. The maximum Gasteiger partial charge on any atom is 0.211 e.